The van der Waals surface area contributed by atoms with E-state index in [-0.39, 0.29) is 4.90 Å². The van der Waals surface area contributed by atoms with Crippen molar-refractivity contribution in [2.45, 2.75) is 30.8 Å². The predicted molar refractivity (Wildman–Crippen MR) is 108 cm³/mol. The van der Waals surface area contributed by atoms with Gasteiger partial charge >= 0.3 is 5.97 Å². The fourth-order valence-corrected chi connectivity index (χ4v) is 5.65. The molecule has 4 rings (SSSR count). The van der Waals surface area contributed by atoms with Crippen LogP contribution >= 0.6 is 11.3 Å². The molecular formula is C20H20N2O4S2. The fraction of sp³-hybridized carbons (Fsp3) is 0.300. The molecular weight excluding hydrogens is 396 g/mol. The van der Waals surface area contributed by atoms with Crippen LogP contribution in [-0.4, -0.2) is 36.8 Å². The summed E-state index contributed by atoms with van der Waals surface area (Å²) in [7, 11) is -3.49. The number of esters is 1. The number of sulfonamides is 1. The first-order valence-electron chi connectivity index (χ1n) is 9.12. The van der Waals surface area contributed by atoms with Crippen LogP contribution in [0.5, 0.6) is 0 Å². The summed E-state index contributed by atoms with van der Waals surface area (Å²) >= 11 is 1.49. The van der Waals surface area contributed by atoms with Crippen LogP contribution in [0.2, 0.25) is 0 Å². The van der Waals surface area contributed by atoms with Crippen molar-refractivity contribution >= 4 is 37.5 Å². The highest BCUT2D eigenvalue weighted by Crippen LogP contribution is 2.29. The van der Waals surface area contributed by atoms with Gasteiger partial charge in [-0.3, -0.25) is 0 Å². The monoisotopic (exact) mass is 416 g/mol. The molecule has 8 heteroatoms. The Hall–Kier alpha value is -2.29. The van der Waals surface area contributed by atoms with E-state index < -0.39 is 22.1 Å². The van der Waals surface area contributed by atoms with E-state index >= 15 is 0 Å². The number of hydrogen-bond donors (Lipinski definition) is 0. The van der Waals surface area contributed by atoms with Gasteiger partial charge in [-0.15, -0.1) is 11.3 Å². The molecule has 1 fully saturated rings. The van der Waals surface area contributed by atoms with Crippen molar-refractivity contribution in [2.75, 3.05) is 13.1 Å². The van der Waals surface area contributed by atoms with Crippen LogP contribution in [-0.2, 0) is 14.8 Å². The fourth-order valence-electron chi connectivity index (χ4n) is 3.18. The quantitative estimate of drug-likeness (QED) is 0.588. The molecule has 2 aromatic carbocycles. The summed E-state index contributed by atoms with van der Waals surface area (Å²) in [4.78, 5) is 17.2. The normalized spacial score (nSPS) is 16.3. The Morgan fingerprint density at radius 1 is 1.11 bits per heavy atom. The molecule has 0 N–H and O–H groups in total. The summed E-state index contributed by atoms with van der Waals surface area (Å²) < 4.78 is 33.2. The molecule has 1 atom stereocenters. The molecule has 0 unspecified atom stereocenters. The SMILES string of the molecule is C[C@H](OC(=O)c1ccc(S(=O)(=O)N2CCCC2)cc1)c1nc2ccccc2s1. The predicted octanol–water partition coefficient (Wildman–Crippen LogP) is 4.00. The van der Waals surface area contributed by atoms with Crippen molar-refractivity contribution in [1.29, 1.82) is 0 Å². The van der Waals surface area contributed by atoms with Gasteiger partial charge in [-0.25, -0.2) is 18.2 Å². The van der Waals surface area contributed by atoms with Gasteiger partial charge in [0.25, 0.3) is 0 Å². The molecule has 0 radical (unpaired) electrons. The largest absolute Gasteiger partial charge is 0.452 e. The van der Waals surface area contributed by atoms with Crippen molar-refractivity contribution in [1.82, 2.24) is 9.29 Å². The number of hydrogen-bond acceptors (Lipinski definition) is 6. The molecule has 0 aliphatic carbocycles. The first-order chi connectivity index (χ1) is 13.4. The molecule has 28 heavy (non-hydrogen) atoms. The Morgan fingerprint density at radius 3 is 2.46 bits per heavy atom. The van der Waals surface area contributed by atoms with Crippen LogP contribution < -0.4 is 0 Å². The molecule has 1 aliphatic rings. The third-order valence-electron chi connectivity index (χ3n) is 4.73. The molecule has 0 saturated carbocycles. The average molecular weight is 417 g/mol. The summed E-state index contributed by atoms with van der Waals surface area (Å²) in [5, 5.41) is 0.725. The lowest BCUT2D eigenvalue weighted by atomic mass is 10.2. The van der Waals surface area contributed by atoms with Crippen LogP contribution in [0.25, 0.3) is 10.2 Å². The number of carbonyl (C=O) groups is 1. The summed E-state index contributed by atoms with van der Waals surface area (Å²) in [5.41, 5.74) is 1.19. The maximum Gasteiger partial charge on any atom is 0.338 e. The summed E-state index contributed by atoms with van der Waals surface area (Å²) in [6.07, 6.45) is 1.28. The van der Waals surface area contributed by atoms with Crippen molar-refractivity contribution in [2.24, 2.45) is 0 Å². The minimum absolute atomic E-state index is 0.199. The van der Waals surface area contributed by atoms with E-state index in [0.29, 0.717) is 18.7 Å². The topological polar surface area (TPSA) is 76.6 Å². The zero-order valence-electron chi connectivity index (χ0n) is 15.4. The molecule has 0 amide bonds. The second-order valence-corrected chi connectivity index (χ2v) is 9.70. The third-order valence-corrected chi connectivity index (χ3v) is 7.85. The van der Waals surface area contributed by atoms with Gasteiger partial charge in [0, 0.05) is 13.1 Å². The number of ether oxygens (including phenoxy) is 1. The molecule has 1 saturated heterocycles. The Bertz CT molecular complexity index is 1070. The van der Waals surface area contributed by atoms with Crippen molar-refractivity contribution in [3.8, 4) is 0 Å². The number of nitrogens with zero attached hydrogens (tertiary/aromatic N) is 2. The molecule has 1 aromatic heterocycles. The zero-order chi connectivity index (χ0) is 19.7. The number of benzene rings is 2. The lowest BCUT2D eigenvalue weighted by molar-refractivity contribution is 0.0337. The van der Waals surface area contributed by atoms with Gasteiger partial charge in [0.2, 0.25) is 10.0 Å². The van der Waals surface area contributed by atoms with Gasteiger partial charge < -0.3 is 4.74 Å². The van der Waals surface area contributed by atoms with Crippen molar-refractivity contribution in [3.63, 3.8) is 0 Å². The van der Waals surface area contributed by atoms with Crippen LogP contribution in [0.3, 0.4) is 0 Å². The summed E-state index contributed by atoms with van der Waals surface area (Å²) in [6, 6.07) is 13.7. The van der Waals surface area contributed by atoms with E-state index in [0.717, 1.165) is 28.1 Å². The number of para-hydroxylation sites is 1. The molecule has 6 nitrogen and oxygen atoms in total. The minimum atomic E-state index is -3.49. The van der Waals surface area contributed by atoms with E-state index in [1.807, 2.05) is 24.3 Å². The molecule has 2 heterocycles. The van der Waals surface area contributed by atoms with Crippen LogP contribution in [0.15, 0.2) is 53.4 Å². The second-order valence-electron chi connectivity index (χ2n) is 6.70. The maximum absolute atomic E-state index is 12.6. The highest BCUT2D eigenvalue weighted by molar-refractivity contribution is 7.89. The van der Waals surface area contributed by atoms with Crippen LogP contribution in [0.1, 0.15) is 41.2 Å². The Labute approximate surface area is 167 Å². The standard InChI is InChI=1S/C20H20N2O4S2/c1-14(19-21-17-6-2-3-7-18(17)27-19)26-20(23)15-8-10-16(11-9-15)28(24,25)22-12-4-5-13-22/h2-3,6-11,14H,4-5,12-13H2,1H3/t14-/m0/s1. The minimum Gasteiger partial charge on any atom is -0.452 e. The van der Waals surface area contributed by atoms with Crippen LogP contribution in [0, 0.1) is 0 Å². The molecule has 0 bridgehead atoms. The number of carbonyl (C=O) groups excluding carboxylic acids is 1. The van der Waals surface area contributed by atoms with E-state index in [1.165, 1.54) is 39.9 Å². The number of aromatic nitrogens is 1. The van der Waals surface area contributed by atoms with Gasteiger partial charge in [-0.1, -0.05) is 12.1 Å². The summed E-state index contributed by atoms with van der Waals surface area (Å²) in [5.74, 6) is -0.503. The summed E-state index contributed by atoms with van der Waals surface area (Å²) in [6.45, 7) is 2.87. The number of thiazole rings is 1. The van der Waals surface area contributed by atoms with Gasteiger partial charge in [0.1, 0.15) is 5.01 Å². The highest BCUT2D eigenvalue weighted by Gasteiger charge is 2.27. The van der Waals surface area contributed by atoms with Gasteiger partial charge in [-0.2, -0.15) is 4.31 Å². The zero-order valence-corrected chi connectivity index (χ0v) is 17.0. The van der Waals surface area contributed by atoms with E-state index in [9.17, 15) is 13.2 Å². The van der Waals surface area contributed by atoms with Gasteiger partial charge in [0.15, 0.2) is 6.10 Å². The number of rotatable bonds is 5. The highest BCUT2D eigenvalue weighted by atomic mass is 32.2. The molecule has 146 valence electrons. The van der Waals surface area contributed by atoms with Crippen molar-refractivity contribution in [3.05, 3.63) is 59.1 Å². The lowest BCUT2D eigenvalue weighted by Crippen LogP contribution is -2.27. The average Bonchev–Trinajstić information content (AvgIpc) is 3.38. The Kier molecular flexibility index (Phi) is 5.18. The Morgan fingerprint density at radius 2 is 1.79 bits per heavy atom. The second kappa shape index (κ2) is 7.62. The Balaban J connectivity index is 1.47. The lowest BCUT2D eigenvalue weighted by Gasteiger charge is -2.15. The smallest absolute Gasteiger partial charge is 0.338 e. The van der Waals surface area contributed by atoms with Crippen molar-refractivity contribution < 1.29 is 17.9 Å². The van der Waals surface area contributed by atoms with E-state index in [2.05, 4.69) is 4.98 Å². The first-order valence-corrected chi connectivity index (χ1v) is 11.4. The van der Waals surface area contributed by atoms with Gasteiger partial charge in [0.05, 0.1) is 20.7 Å². The molecule has 0 spiro atoms. The van der Waals surface area contributed by atoms with E-state index in [1.54, 1.807) is 6.92 Å². The first kappa shape index (κ1) is 19.0. The molecule has 1 aliphatic heterocycles. The maximum atomic E-state index is 12.6. The molecule has 3 aromatic rings. The van der Waals surface area contributed by atoms with E-state index in [4.69, 9.17) is 4.74 Å². The van der Waals surface area contributed by atoms with Gasteiger partial charge in [-0.05, 0) is 56.2 Å². The number of fused-ring (bicyclic) bond motifs is 1. The third kappa shape index (κ3) is 3.67. The van der Waals surface area contributed by atoms with Crippen LogP contribution in [0.4, 0.5) is 0 Å².